The van der Waals surface area contributed by atoms with Crippen LogP contribution in [0.3, 0.4) is 0 Å². The highest BCUT2D eigenvalue weighted by Gasteiger charge is 2.24. The fraction of sp³-hybridized carbons (Fsp3) is 0.100. The molecule has 3 aromatic rings. The van der Waals surface area contributed by atoms with Crippen molar-refractivity contribution in [2.45, 2.75) is 6.04 Å². The molecule has 27 heavy (non-hydrogen) atoms. The van der Waals surface area contributed by atoms with Gasteiger partial charge in [0, 0.05) is 11.1 Å². The average Bonchev–Trinajstić information content (AvgIpc) is 2.99. The smallest absolute Gasteiger partial charge is 0.261 e. The van der Waals surface area contributed by atoms with Gasteiger partial charge in [-0.3, -0.25) is 9.59 Å². The normalized spacial score (nSPS) is 17.9. The van der Waals surface area contributed by atoms with Crippen LogP contribution in [0.25, 0.3) is 22.0 Å². The van der Waals surface area contributed by atoms with Gasteiger partial charge in [0.2, 0.25) is 0 Å². The average molecular weight is 380 g/mol. The summed E-state index contributed by atoms with van der Waals surface area (Å²) in [6, 6.07) is 16.2. The van der Waals surface area contributed by atoms with E-state index in [0.29, 0.717) is 5.69 Å². The number of benzene rings is 2. The Morgan fingerprint density at radius 1 is 1.04 bits per heavy atom. The lowest BCUT2D eigenvalue weighted by Gasteiger charge is -2.10. The molecule has 4 rings (SSSR count). The van der Waals surface area contributed by atoms with Crippen LogP contribution < -0.4 is 10.9 Å². The van der Waals surface area contributed by atoms with Crippen LogP contribution in [0.5, 0.6) is 0 Å². The Kier molecular flexibility index (Phi) is 4.16. The number of hydrogen-bond acceptors (Lipinski definition) is 4. The molecular weight excluding hydrogens is 364 g/mol. The number of aromatic nitrogens is 1. The lowest BCUT2D eigenvalue weighted by Crippen LogP contribution is -2.38. The molecule has 0 spiro atoms. The standard InChI is InChI=1S/C20H16N2O4S/c23-19(21-16-9-10-27(25,26)12-16)17-7-8-18(22-20(17)24)15-6-5-13-3-1-2-4-14(13)11-15/h1-11,16H,12H2,(H,21,23)(H,22,24)/t16-/m1/s1. The maximum Gasteiger partial charge on any atom is 0.261 e. The third-order valence-corrected chi connectivity index (χ3v) is 5.86. The summed E-state index contributed by atoms with van der Waals surface area (Å²) in [5, 5.41) is 5.77. The van der Waals surface area contributed by atoms with Gasteiger partial charge in [-0.25, -0.2) is 8.42 Å². The maximum absolute atomic E-state index is 12.4. The quantitative estimate of drug-likeness (QED) is 0.728. The highest BCUT2D eigenvalue weighted by molar-refractivity contribution is 7.94. The summed E-state index contributed by atoms with van der Waals surface area (Å²) >= 11 is 0. The number of carbonyl (C=O) groups is 1. The molecule has 0 fully saturated rings. The monoisotopic (exact) mass is 380 g/mol. The van der Waals surface area contributed by atoms with Gasteiger partial charge in [0.05, 0.1) is 11.8 Å². The van der Waals surface area contributed by atoms with Gasteiger partial charge in [0.1, 0.15) is 5.56 Å². The summed E-state index contributed by atoms with van der Waals surface area (Å²) in [6.07, 6.45) is 1.41. The number of carbonyl (C=O) groups excluding carboxylic acids is 1. The van der Waals surface area contributed by atoms with Crippen molar-refractivity contribution in [3.8, 4) is 11.3 Å². The van der Waals surface area contributed by atoms with Crippen molar-refractivity contribution >= 4 is 26.5 Å². The molecule has 0 unspecified atom stereocenters. The molecule has 2 heterocycles. The van der Waals surface area contributed by atoms with E-state index in [4.69, 9.17) is 0 Å². The van der Waals surface area contributed by atoms with Crippen LogP contribution in [-0.4, -0.2) is 31.1 Å². The SMILES string of the molecule is O=C(N[C@@H]1C=CS(=O)(=O)C1)c1ccc(-c2ccc3ccccc3c2)[nH]c1=O. The van der Waals surface area contributed by atoms with Crippen LogP contribution in [0.4, 0.5) is 0 Å². The molecule has 7 heteroatoms. The number of fused-ring (bicyclic) bond motifs is 1. The van der Waals surface area contributed by atoms with E-state index in [2.05, 4.69) is 10.3 Å². The third kappa shape index (κ3) is 3.54. The van der Waals surface area contributed by atoms with Crippen molar-refractivity contribution in [1.82, 2.24) is 10.3 Å². The number of amides is 1. The summed E-state index contributed by atoms with van der Waals surface area (Å²) in [4.78, 5) is 27.4. The Labute approximate surface area is 155 Å². The second-order valence-corrected chi connectivity index (χ2v) is 8.35. The van der Waals surface area contributed by atoms with Crippen LogP contribution >= 0.6 is 0 Å². The molecule has 0 saturated carbocycles. The molecule has 0 saturated heterocycles. The largest absolute Gasteiger partial charge is 0.345 e. The predicted octanol–water partition coefficient (Wildman–Crippen LogP) is 2.24. The van der Waals surface area contributed by atoms with E-state index in [1.54, 1.807) is 6.07 Å². The highest BCUT2D eigenvalue weighted by Crippen LogP contribution is 2.22. The summed E-state index contributed by atoms with van der Waals surface area (Å²) in [5.41, 5.74) is 0.855. The van der Waals surface area contributed by atoms with Crippen LogP contribution in [0, 0.1) is 0 Å². The summed E-state index contributed by atoms with van der Waals surface area (Å²) in [6.45, 7) is 0. The minimum absolute atomic E-state index is 0.0581. The predicted molar refractivity (Wildman–Crippen MR) is 104 cm³/mol. The van der Waals surface area contributed by atoms with Crippen molar-refractivity contribution in [3.05, 3.63) is 82.0 Å². The van der Waals surface area contributed by atoms with Gasteiger partial charge in [-0.05, 0) is 40.6 Å². The number of pyridine rings is 1. The zero-order valence-electron chi connectivity index (χ0n) is 14.2. The first-order valence-corrected chi connectivity index (χ1v) is 10.1. The minimum atomic E-state index is -3.28. The molecule has 0 radical (unpaired) electrons. The van der Waals surface area contributed by atoms with E-state index < -0.39 is 27.3 Å². The number of sulfone groups is 1. The Morgan fingerprint density at radius 3 is 2.52 bits per heavy atom. The van der Waals surface area contributed by atoms with Gasteiger partial charge >= 0.3 is 0 Å². The number of hydrogen-bond donors (Lipinski definition) is 2. The van der Waals surface area contributed by atoms with Crippen molar-refractivity contribution < 1.29 is 13.2 Å². The molecule has 1 aromatic heterocycles. The van der Waals surface area contributed by atoms with Gasteiger partial charge in [0.25, 0.3) is 11.5 Å². The second-order valence-electron chi connectivity index (χ2n) is 6.41. The first kappa shape index (κ1) is 17.2. The fourth-order valence-corrected chi connectivity index (χ4v) is 4.32. The van der Waals surface area contributed by atoms with Gasteiger partial charge in [0.15, 0.2) is 9.84 Å². The summed E-state index contributed by atoms with van der Waals surface area (Å²) < 4.78 is 22.8. The van der Waals surface area contributed by atoms with Crippen molar-refractivity contribution in [2.24, 2.45) is 0 Å². The van der Waals surface area contributed by atoms with E-state index in [1.807, 2.05) is 42.5 Å². The van der Waals surface area contributed by atoms with Crippen molar-refractivity contribution in [3.63, 3.8) is 0 Å². The molecule has 136 valence electrons. The first-order valence-electron chi connectivity index (χ1n) is 8.36. The fourth-order valence-electron chi connectivity index (χ4n) is 3.09. The van der Waals surface area contributed by atoms with E-state index >= 15 is 0 Å². The molecule has 0 aliphatic carbocycles. The molecule has 6 nitrogen and oxygen atoms in total. The van der Waals surface area contributed by atoms with E-state index in [0.717, 1.165) is 21.7 Å². The molecular formula is C20H16N2O4S. The van der Waals surface area contributed by atoms with E-state index in [9.17, 15) is 18.0 Å². The van der Waals surface area contributed by atoms with Gasteiger partial charge in [-0.15, -0.1) is 0 Å². The van der Waals surface area contributed by atoms with Crippen LogP contribution in [-0.2, 0) is 9.84 Å². The highest BCUT2D eigenvalue weighted by atomic mass is 32.2. The number of rotatable bonds is 3. The third-order valence-electron chi connectivity index (χ3n) is 4.46. The summed E-state index contributed by atoms with van der Waals surface area (Å²) in [7, 11) is -3.28. The zero-order chi connectivity index (χ0) is 19.0. The Balaban J connectivity index is 1.59. The van der Waals surface area contributed by atoms with Gasteiger partial charge in [-0.1, -0.05) is 36.4 Å². The van der Waals surface area contributed by atoms with Crippen LogP contribution in [0.15, 0.2) is 70.9 Å². The Morgan fingerprint density at radius 2 is 1.81 bits per heavy atom. The zero-order valence-corrected chi connectivity index (χ0v) is 15.0. The minimum Gasteiger partial charge on any atom is -0.345 e. The lowest BCUT2D eigenvalue weighted by molar-refractivity contribution is 0.0946. The number of aromatic amines is 1. The van der Waals surface area contributed by atoms with Gasteiger partial charge < -0.3 is 10.3 Å². The molecule has 1 aliphatic heterocycles. The number of nitrogens with one attached hydrogen (secondary N) is 2. The molecule has 1 aliphatic rings. The molecule has 1 amide bonds. The van der Waals surface area contributed by atoms with E-state index in [-0.39, 0.29) is 11.3 Å². The Hall–Kier alpha value is -3.19. The van der Waals surface area contributed by atoms with Crippen molar-refractivity contribution in [1.29, 1.82) is 0 Å². The molecule has 2 N–H and O–H groups in total. The lowest BCUT2D eigenvalue weighted by atomic mass is 10.0. The summed E-state index contributed by atoms with van der Waals surface area (Å²) in [5.74, 6) is -0.792. The maximum atomic E-state index is 12.4. The van der Waals surface area contributed by atoms with Crippen LogP contribution in [0.2, 0.25) is 0 Å². The van der Waals surface area contributed by atoms with E-state index in [1.165, 1.54) is 12.1 Å². The topological polar surface area (TPSA) is 96.1 Å². The number of H-pyrrole nitrogens is 1. The molecule has 2 aromatic carbocycles. The second kappa shape index (κ2) is 6.51. The molecule has 1 atom stereocenters. The van der Waals surface area contributed by atoms with Crippen molar-refractivity contribution in [2.75, 3.05) is 5.75 Å². The Bertz CT molecular complexity index is 1240. The van der Waals surface area contributed by atoms with Gasteiger partial charge in [-0.2, -0.15) is 0 Å². The molecule has 0 bridgehead atoms. The first-order chi connectivity index (χ1) is 12.9. The van der Waals surface area contributed by atoms with Crippen LogP contribution in [0.1, 0.15) is 10.4 Å².